The summed E-state index contributed by atoms with van der Waals surface area (Å²) in [6, 6.07) is 0.00101. The molecule has 2 rings (SSSR count). The molecule has 0 radical (unpaired) electrons. The molecule has 6 heteroatoms. The zero-order valence-electron chi connectivity index (χ0n) is 12.2. The summed E-state index contributed by atoms with van der Waals surface area (Å²) < 4.78 is 5.42. The van der Waals surface area contributed by atoms with Crippen LogP contribution in [0, 0.1) is 5.92 Å². The van der Waals surface area contributed by atoms with Crippen molar-refractivity contribution in [1.29, 1.82) is 0 Å². The molecule has 1 amide bonds. The molecule has 20 heavy (non-hydrogen) atoms. The minimum atomic E-state index is -1.06. The zero-order chi connectivity index (χ0) is 14.8. The number of carbonyl (C=O) groups is 2. The molecule has 114 valence electrons. The first-order valence-electron chi connectivity index (χ1n) is 7.36. The van der Waals surface area contributed by atoms with Gasteiger partial charge in [-0.15, -0.1) is 0 Å². The van der Waals surface area contributed by atoms with Crippen molar-refractivity contribution in [2.75, 3.05) is 26.3 Å². The highest BCUT2D eigenvalue weighted by Crippen LogP contribution is 2.32. The summed E-state index contributed by atoms with van der Waals surface area (Å²) in [5.41, 5.74) is -1.06. The van der Waals surface area contributed by atoms with E-state index in [0.29, 0.717) is 26.2 Å². The fraction of sp³-hybridized carbons (Fsp3) is 0.857. The van der Waals surface area contributed by atoms with E-state index in [-0.39, 0.29) is 17.9 Å². The number of likely N-dealkylation sites (tertiary alicyclic amines) is 1. The molecule has 2 heterocycles. The van der Waals surface area contributed by atoms with Crippen LogP contribution in [-0.2, 0) is 14.3 Å². The van der Waals surface area contributed by atoms with Crippen molar-refractivity contribution in [3.05, 3.63) is 0 Å². The lowest BCUT2D eigenvalue weighted by atomic mass is 9.95. The Morgan fingerprint density at radius 3 is 2.85 bits per heavy atom. The van der Waals surface area contributed by atoms with Crippen LogP contribution >= 0.6 is 0 Å². The molecule has 0 saturated carbocycles. The van der Waals surface area contributed by atoms with Crippen molar-refractivity contribution in [2.24, 2.45) is 5.92 Å². The molecular formula is C14H24N2O4. The van der Waals surface area contributed by atoms with E-state index in [0.717, 1.165) is 19.4 Å². The van der Waals surface area contributed by atoms with Gasteiger partial charge < -0.3 is 20.1 Å². The van der Waals surface area contributed by atoms with Gasteiger partial charge in [-0.3, -0.25) is 4.79 Å². The van der Waals surface area contributed by atoms with Crippen LogP contribution in [0.5, 0.6) is 0 Å². The Bertz CT molecular complexity index is 387. The number of nitrogens with zero attached hydrogens (tertiary/aromatic N) is 1. The third-order valence-corrected chi connectivity index (χ3v) is 4.42. The second-order valence-corrected chi connectivity index (χ2v) is 5.88. The molecule has 2 aliphatic heterocycles. The second-order valence-electron chi connectivity index (χ2n) is 5.88. The van der Waals surface area contributed by atoms with Gasteiger partial charge in [-0.05, 0) is 32.7 Å². The first-order chi connectivity index (χ1) is 9.50. The summed E-state index contributed by atoms with van der Waals surface area (Å²) >= 11 is 0. The smallest absolute Gasteiger partial charge is 0.329 e. The van der Waals surface area contributed by atoms with E-state index in [1.54, 1.807) is 6.92 Å². The number of hydrogen-bond donors (Lipinski definition) is 2. The topological polar surface area (TPSA) is 78.9 Å². The normalized spacial score (nSPS) is 33.6. The number of carboxylic acid groups (broad SMARTS) is 1. The van der Waals surface area contributed by atoms with Gasteiger partial charge in [0, 0.05) is 12.6 Å². The second kappa shape index (κ2) is 6.10. The first-order valence-corrected chi connectivity index (χ1v) is 7.36. The minimum Gasteiger partial charge on any atom is -0.480 e. The van der Waals surface area contributed by atoms with Gasteiger partial charge in [0.25, 0.3) is 0 Å². The van der Waals surface area contributed by atoms with Crippen LogP contribution in [0.3, 0.4) is 0 Å². The number of nitrogens with one attached hydrogen (secondary N) is 1. The van der Waals surface area contributed by atoms with E-state index >= 15 is 0 Å². The third kappa shape index (κ3) is 2.67. The SMILES string of the molecule is CCCNC1COCC1C(=O)N1CCCC1(C)C(=O)O. The van der Waals surface area contributed by atoms with Crippen molar-refractivity contribution >= 4 is 11.9 Å². The molecular weight excluding hydrogens is 260 g/mol. The fourth-order valence-electron chi connectivity index (χ4n) is 3.07. The van der Waals surface area contributed by atoms with Crippen LogP contribution in [0.25, 0.3) is 0 Å². The number of amides is 1. The molecule has 3 unspecified atom stereocenters. The van der Waals surface area contributed by atoms with Crippen molar-refractivity contribution in [3.63, 3.8) is 0 Å². The lowest BCUT2D eigenvalue weighted by molar-refractivity contribution is -0.157. The van der Waals surface area contributed by atoms with Gasteiger partial charge >= 0.3 is 5.97 Å². The molecule has 0 bridgehead atoms. The highest BCUT2D eigenvalue weighted by atomic mass is 16.5. The van der Waals surface area contributed by atoms with Gasteiger partial charge in [0.05, 0.1) is 19.1 Å². The molecule has 2 N–H and O–H groups in total. The Balaban J connectivity index is 2.08. The highest BCUT2D eigenvalue weighted by molar-refractivity contribution is 5.89. The number of aliphatic carboxylic acids is 1. The Kier molecular flexibility index (Phi) is 4.65. The van der Waals surface area contributed by atoms with E-state index in [9.17, 15) is 14.7 Å². The molecule has 2 fully saturated rings. The Morgan fingerprint density at radius 2 is 2.20 bits per heavy atom. The molecule has 2 saturated heterocycles. The van der Waals surface area contributed by atoms with Crippen molar-refractivity contribution in [1.82, 2.24) is 10.2 Å². The zero-order valence-corrected chi connectivity index (χ0v) is 12.2. The van der Waals surface area contributed by atoms with Gasteiger partial charge in [0.2, 0.25) is 5.91 Å². The Morgan fingerprint density at radius 1 is 1.45 bits per heavy atom. The minimum absolute atomic E-state index is 0.00101. The molecule has 0 spiro atoms. The van der Waals surface area contributed by atoms with Gasteiger partial charge in [-0.1, -0.05) is 6.92 Å². The Hall–Kier alpha value is -1.14. The van der Waals surface area contributed by atoms with Crippen LogP contribution < -0.4 is 5.32 Å². The van der Waals surface area contributed by atoms with Crippen LogP contribution in [0.15, 0.2) is 0 Å². The summed E-state index contributed by atoms with van der Waals surface area (Å²) in [4.78, 5) is 25.7. The van der Waals surface area contributed by atoms with Gasteiger partial charge in [0.15, 0.2) is 0 Å². The average Bonchev–Trinajstić information content (AvgIpc) is 3.02. The number of hydrogen-bond acceptors (Lipinski definition) is 4. The quantitative estimate of drug-likeness (QED) is 0.767. The summed E-state index contributed by atoms with van der Waals surface area (Å²) in [6.45, 7) is 5.99. The monoisotopic (exact) mass is 284 g/mol. The van der Waals surface area contributed by atoms with Gasteiger partial charge in [0.1, 0.15) is 5.54 Å². The van der Waals surface area contributed by atoms with E-state index in [1.165, 1.54) is 4.90 Å². The molecule has 2 aliphatic rings. The first kappa shape index (κ1) is 15.3. The molecule has 0 aliphatic carbocycles. The van der Waals surface area contributed by atoms with Gasteiger partial charge in [-0.2, -0.15) is 0 Å². The van der Waals surface area contributed by atoms with E-state index < -0.39 is 11.5 Å². The van der Waals surface area contributed by atoms with Crippen molar-refractivity contribution in [3.8, 4) is 0 Å². The number of ether oxygens (including phenoxy) is 1. The van der Waals surface area contributed by atoms with E-state index in [1.807, 2.05) is 0 Å². The summed E-state index contributed by atoms with van der Waals surface area (Å²) in [6.07, 6.45) is 2.26. The molecule has 3 atom stereocenters. The largest absolute Gasteiger partial charge is 0.480 e. The predicted octanol–water partition coefficient (Wildman–Crippen LogP) is 0.467. The maximum absolute atomic E-state index is 12.7. The van der Waals surface area contributed by atoms with Crippen molar-refractivity contribution < 1.29 is 19.4 Å². The van der Waals surface area contributed by atoms with Crippen LogP contribution in [0.1, 0.15) is 33.1 Å². The molecule has 6 nitrogen and oxygen atoms in total. The van der Waals surface area contributed by atoms with E-state index in [2.05, 4.69) is 12.2 Å². The lowest BCUT2D eigenvalue weighted by Crippen LogP contribution is -2.55. The van der Waals surface area contributed by atoms with Gasteiger partial charge in [-0.25, -0.2) is 4.79 Å². The molecule has 0 aromatic heterocycles. The van der Waals surface area contributed by atoms with Crippen LogP contribution in [0.2, 0.25) is 0 Å². The fourth-order valence-corrected chi connectivity index (χ4v) is 3.07. The maximum atomic E-state index is 12.7. The summed E-state index contributed by atoms with van der Waals surface area (Å²) in [5, 5.41) is 12.7. The maximum Gasteiger partial charge on any atom is 0.329 e. The third-order valence-electron chi connectivity index (χ3n) is 4.42. The molecule has 0 aromatic carbocycles. The summed E-state index contributed by atoms with van der Waals surface area (Å²) in [5.74, 6) is -1.27. The Labute approximate surface area is 119 Å². The highest BCUT2D eigenvalue weighted by Gasteiger charge is 2.49. The predicted molar refractivity (Wildman–Crippen MR) is 73.4 cm³/mol. The lowest BCUT2D eigenvalue weighted by Gasteiger charge is -2.34. The van der Waals surface area contributed by atoms with Crippen LogP contribution in [0.4, 0.5) is 0 Å². The average molecular weight is 284 g/mol. The number of carbonyl (C=O) groups excluding carboxylic acids is 1. The number of rotatable bonds is 5. The molecule has 0 aromatic rings. The summed E-state index contributed by atoms with van der Waals surface area (Å²) in [7, 11) is 0. The van der Waals surface area contributed by atoms with Crippen molar-refractivity contribution in [2.45, 2.75) is 44.7 Å². The van der Waals surface area contributed by atoms with Crippen LogP contribution in [-0.4, -0.2) is 59.8 Å². The number of carboxylic acids is 1. The standard InChI is InChI=1S/C14H24N2O4/c1-3-6-15-11-9-20-8-10(11)12(17)16-7-4-5-14(16,2)13(18)19/h10-11,15H,3-9H2,1-2H3,(H,18,19). The van der Waals surface area contributed by atoms with E-state index in [4.69, 9.17) is 4.74 Å².